The first-order valence-corrected chi connectivity index (χ1v) is 15.0. The normalized spacial score (nSPS) is 12.0. The van der Waals surface area contributed by atoms with Crippen LogP contribution in [-0.2, 0) is 26.2 Å². The zero-order valence-corrected chi connectivity index (χ0v) is 25.4. The van der Waals surface area contributed by atoms with Gasteiger partial charge in [0.25, 0.3) is 10.0 Å². The number of hydrogen-bond donors (Lipinski definition) is 1. The molecule has 0 fully saturated rings. The zero-order chi connectivity index (χ0) is 30.2. The maximum Gasteiger partial charge on any atom is 0.264 e. The van der Waals surface area contributed by atoms with Gasteiger partial charge in [0.2, 0.25) is 11.8 Å². The Labute approximate surface area is 247 Å². The monoisotopic (exact) mass is 601 g/mol. The van der Waals surface area contributed by atoms with Crippen molar-refractivity contribution in [3.8, 4) is 11.5 Å². The van der Waals surface area contributed by atoms with Crippen molar-refractivity contribution in [3.05, 3.63) is 83.4 Å². The van der Waals surface area contributed by atoms with Gasteiger partial charge in [0, 0.05) is 12.6 Å². The Bertz CT molecular complexity index is 1450. The molecule has 0 heterocycles. The molecule has 0 saturated heterocycles. The third-order valence-corrected chi connectivity index (χ3v) is 8.42. The molecule has 0 bridgehead atoms. The predicted octanol–water partition coefficient (Wildman–Crippen LogP) is 4.88. The van der Waals surface area contributed by atoms with E-state index in [1.807, 2.05) is 19.9 Å². The van der Waals surface area contributed by atoms with Gasteiger partial charge in [-0.05, 0) is 68.3 Å². The summed E-state index contributed by atoms with van der Waals surface area (Å²) in [6.07, 6.45) is 0.314. The molecule has 3 rings (SSSR count). The average Bonchev–Trinajstić information content (AvgIpc) is 2.95. The van der Waals surface area contributed by atoms with Crippen LogP contribution in [-0.4, -0.2) is 58.0 Å². The minimum atomic E-state index is -4.21. The minimum absolute atomic E-state index is 0.00341. The lowest BCUT2D eigenvalue weighted by atomic mass is 10.1. The second-order valence-corrected chi connectivity index (χ2v) is 11.9. The van der Waals surface area contributed by atoms with Crippen LogP contribution in [0.1, 0.15) is 32.8 Å². The number of halogens is 1. The quantitative estimate of drug-likeness (QED) is 0.299. The maximum absolute atomic E-state index is 14.1. The van der Waals surface area contributed by atoms with Crippen molar-refractivity contribution in [1.82, 2.24) is 10.2 Å². The van der Waals surface area contributed by atoms with E-state index in [1.54, 1.807) is 50.4 Å². The van der Waals surface area contributed by atoms with Gasteiger partial charge in [-0.2, -0.15) is 0 Å². The van der Waals surface area contributed by atoms with Crippen molar-refractivity contribution in [2.45, 2.75) is 50.7 Å². The summed E-state index contributed by atoms with van der Waals surface area (Å²) in [7, 11) is -1.22. The molecular weight excluding hydrogens is 566 g/mol. The molecule has 3 aromatic rings. The molecule has 3 aromatic carbocycles. The Morgan fingerprint density at radius 3 is 2.24 bits per heavy atom. The van der Waals surface area contributed by atoms with Gasteiger partial charge in [0.15, 0.2) is 0 Å². The van der Waals surface area contributed by atoms with E-state index in [0.29, 0.717) is 17.9 Å². The molecule has 0 radical (unpaired) electrons. The summed E-state index contributed by atoms with van der Waals surface area (Å²) >= 11 is 6.36. The van der Waals surface area contributed by atoms with Crippen LogP contribution in [0.15, 0.2) is 77.7 Å². The molecule has 0 aromatic heterocycles. The SMILES string of the molecule is CCC(C(=O)NC(C)C)N(Cc1cccc(OC)c1)C(=O)CN(c1ccc(OC)c(Cl)c1)S(=O)(=O)c1ccccc1. The summed E-state index contributed by atoms with van der Waals surface area (Å²) in [5, 5.41) is 3.06. The van der Waals surface area contributed by atoms with Crippen LogP contribution in [0.3, 0.4) is 0 Å². The van der Waals surface area contributed by atoms with Crippen molar-refractivity contribution in [1.29, 1.82) is 0 Å². The van der Waals surface area contributed by atoms with E-state index in [4.69, 9.17) is 21.1 Å². The number of ether oxygens (including phenoxy) is 2. The number of carbonyl (C=O) groups excluding carboxylic acids is 2. The molecule has 0 saturated carbocycles. The lowest BCUT2D eigenvalue weighted by Gasteiger charge is -2.33. The number of sulfonamides is 1. The van der Waals surface area contributed by atoms with Gasteiger partial charge in [0.05, 0.1) is 29.8 Å². The summed E-state index contributed by atoms with van der Waals surface area (Å²) in [5.74, 6) is 0.0549. The summed E-state index contributed by atoms with van der Waals surface area (Å²) < 4.78 is 39.4. The van der Waals surface area contributed by atoms with Gasteiger partial charge in [-0.1, -0.05) is 48.9 Å². The molecule has 0 aliphatic rings. The van der Waals surface area contributed by atoms with Crippen LogP contribution in [0.4, 0.5) is 5.69 Å². The van der Waals surface area contributed by atoms with Crippen molar-refractivity contribution in [3.63, 3.8) is 0 Å². The molecule has 41 heavy (non-hydrogen) atoms. The lowest BCUT2D eigenvalue weighted by molar-refractivity contribution is -0.140. The lowest BCUT2D eigenvalue weighted by Crippen LogP contribution is -2.53. The first kappa shape index (κ1) is 31.8. The molecule has 0 spiro atoms. The molecule has 9 nitrogen and oxygen atoms in total. The zero-order valence-electron chi connectivity index (χ0n) is 23.8. The van der Waals surface area contributed by atoms with E-state index in [2.05, 4.69) is 5.32 Å². The molecule has 1 atom stereocenters. The third kappa shape index (κ3) is 7.92. The number of nitrogens with one attached hydrogen (secondary N) is 1. The average molecular weight is 602 g/mol. The van der Waals surface area contributed by atoms with Crippen molar-refractivity contribution < 1.29 is 27.5 Å². The van der Waals surface area contributed by atoms with E-state index in [0.717, 1.165) is 9.87 Å². The molecule has 11 heteroatoms. The van der Waals surface area contributed by atoms with Crippen LogP contribution < -0.4 is 19.1 Å². The number of methoxy groups -OCH3 is 2. The standard InChI is InChI=1S/C30H36ClN3O6S/c1-6-27(30(36)32-21(2)3)33(19-22-11-10-12-24(17-22)39-4)29(35)20-34(23-15-16-28(40-5)26(31)18-23)41(37,38)25-13-8-7-9-14-25/h7-18,21,27H,6,19-20H2,1-5H3,(H,32,36). The number of carbonyl (C=O) groups is 2. The second-order valence-electron chi connectivity index (χ2n) is 9.60. The van der Waals surface area contributed by atoms with E-state index in [1.165, 1.54) is 42.3 Å². The highest BCUT2D eigenvalue weighted by Gasteiger charge is 2.34. The first-order valence-electron chi connectivity index (χ1n) is 13.2. The van der Waals surface area contributed by atoms with Crippen molar-refractivity contribution in [2.75, 3.05) is 25.1 Å². The number of anilines is 1. The topological polar surface area (TPSA) is 105 Å². The number of nitrogens with zero attached hydrogens (tertiary/aromatic N) is 2. The summed E-state index contributed by atoms with van der Waals surface area (Å²) in [5.41, 5.74) is 0.896. The third-order valence-electron chi connectivity index (χ3n) is 6.34. The summed E-state index contributed by atoms with van der Waals surface area (Å²) in [6.45, 7) is 4.96. The Morgan fingerprint density at radius 2 is 1.66 bits per heavy atom. The van der Waals surface area contributed by atoms with Crippen LogP contribution in [0, 0.1) is 0 Å². The van der Waals surface area contributed by atoms with Gasteiger partial charge >= 0.3 is 0 Å². The highest BCUT2D eigenvalue weighted by Crippen LogP contribution is 2.32. The van der Waals surface area contributed by atoms with E-state index in [9.17, 15) is 18.0 Å². The molecule has 1 N–H and O–H groups in total. The largest absolute Gasteiger partial charge is 0.497 e. The van der Waals surface area contributed by atoms with Gasteiger partial charge in [-0.15, -0.1) is 0 Å². The van der Waals surface area contributed by atoms with E-state index < -0.39 is 28.5 Å². The number of amides is 2. The van der Waals surface area contributed by atoms with Gasteiger partial charge in [-0.25, -0.2) is 8.42 Å². The van der Waals surface area contributed by atoms with Gasteiger partial charge in [0.1, 0.15) is 24.1 Å². The second kappa shape index (κ2) is 14.2. The van der Waals surface area contributed by atoms with Crippen molar-refractivity contribution in [2.24, 2.45) is 0 Å². The van der Waals surface area contributed by atoms with Crippen LogP contribution in [0.25, 0.3) is 0 Å². The van der Waals surface area contributed by atoms with Crippen LogP contribution in [0.2, 0.25) is 5.02 Å². The Kier molecular flexibility index (Phi) is 11.0. The number of rotatable bonds is 13. The highest BCUT2D eigenvalue weighted by molar-refractivity contribution is 7.92. The number of hydrogen-bond acceptors (Lipinski definition) is 6. The van der Waals surface area contributed by atoms with Crippen LogP contribution in [0.5, 0.6) is 11.5 Å². The van der Waals surface area contributed by atoms with E-state index in [-0.39, 0.29) is 34.1 Å². The van der Waals surface area contributed by atoms with Gasteiger partial charge in [-0.3, -0.25) is 13.9 Å². The highest BCUT2D eigenvalue weighted by atomic mass is 35.5. The molecule has 2 amide bonds. The molecular formula is C30H36ClN3O6S. The molecule has 0 aliphatic carbocycles. The number of benzene rings is 3. The summed E-state index contributed by atoms with van der Waals surface area (Å²) in [4.78, 5) is 28.8. The Morgan fingerprint density at radius 1 is 0.951 bits per heavy atom. The fraction of sp³-hybridized carbons (Fsp3) is 0.333. The predicted molar refractivity (Wildman–Crippen MR) is 160 cm³/mol. The molecule has 220 valence electrons. The van der Waals surface area contributed by atoms with Crippen molar-refractivity contribution >= 4 is 39.1 Å². The Balaban J connectivity index is 2.09. The van der Waals surface area contributed by atoms with Gasteiger partial charge < -0.3 is 19.7 Å². The molecule has 1 unspecified atom stereocenters. The van der Waals surface area contributed by atoms with E-state index >= 15 is 0 Å². The maximum atomic E-state index is 14.1. The molecule has 0 aliphatic heterocycles. The smallest absolute Gasteiger partial charge is 0.264 e. The first-order chi connectivity index (χ1) is 19.5. The fourth-order valence-corrected chi connectivity index (χ4v) is 6.01. The minimum Gasteiger partial charge on any atom is -0.497 e. The fourth-order valence-electron chi connectivity index (χ4n) is 4.33. The van der Waals surface area contributed by atoms with Crippen LogP contribution >= 0.6 is 11.6 Å². The summed E-state index contributed by atoms with van der Waals surface area (Å²) in [6, 6.07) is 18.5. The Hall–Kier alpha value is -3.76.